The molecule has 3 fully saturated rings. The van der Waals surface area contributed by atoms with E-state index >= 15 is 4.39 Å². The van der Waals surface area contributed by atoms with Crippen molar-refractivity contribution >= 4 is 11.0 Å². The number of hydrogen-bond acceptors (Lipinski definition) is 7. The van der Waals surface area contributed by atoms with Gasteiger partial charge in [0.15, 0.2) is 17.8 Å². The van der Waals surface area contributed by atoms with Crippen LogP contribution in [0.2, 0.25) is 0 Å². The van der Waals surface area contributed by atoms with E-state index in [0.717, 1.165) is 16.9 Å². The number of H-pyrrole nitrogens is 1. The number of aromatic nitrogens is 2. The predicted molar refractivity (Wildman–Crippen MR) is 132 cm³/mol. The maximum atomic E-state index is 15.0. The first-order valence-corrected chi connectivity index (χ1v) is 12.3. The van der Waals surface area contributed by atoms with Gasteiger partial charge in [-0.05, 0) is 23.3 Å². The Labute approximate surface area is 211 Å². The molecular weight excluding hydrogens is 479 g/mol. The van der Waals surface area contributed by atoms with E-state index in [2.05, 4.69) is 9.97 Å². The molecule has 37 heavy (non-hydrogen) atoms. The minimum absolute atomic E-state index is 0.131. The van der Waals surface area contributed by atoms with Crippen LogP contribution in [0.1, 0.15) is 0 Å². The van der Waals surface area contributed by atoms with E-state index in [9.17, 15) is 5.11 Å². The lowest BCUT2D eigenvalue weighted by molar-refractivity contribution is -0.0796. The number of halogens is 1. The molecule has 3 aliphatic rings. The fourth-order valence-corrected chi connectivity index (χ4v) is 5.00. The topological polar surface area (TPSA) is 95.1 Å². The highest BCUT2D eigenvalue weighted by atomic mass is 19.1. The molecule has 2 aromatic heterocycles. The van der Waals surface area contributed by atoms with Gasteiger partial charge in [-0.3, -0.25) is 0 Å². The summed E-state index contributed by atoms with van der Waals surface area (Å²) in [6.45, 7) is 1.80. The fourth-order valence-electron chi connectivity index (χ4n) is 5.00. The summed E-state index contributed by atoms with van der Waals surface area (Å²) in [7, 11) is 0. The first kappa shape index (κ1) is 22.7. The largest absolute Gasteiger partial charge is 0.486 e. The second-order valence-electron chi connectivity index (χ2n) is 9.58. The Balaban J connectivity index is 1.08. The molecule has 2 N–H and O–H groups in total. The SMILES string of the molecule is O[C@@H]1CO[C@H]2C1OC[C@H]2Oc1cc2nc(-c3ccc(-c4ccc(OC5COC5)cc4)cc3)c(F)cc2[nH]1. The zero-order chi connectivity index (χ0) is 24.9. The molecule has 7 rings (SSSR count). The Kier molecular flexibility index (Phi) is 5.58. The van der Waals surface area contributed by atoms with E-state index in [1.54, 1.807) is 6.07 Å². The van der Waals surface area contributed by atoms with Gasteiger partial charge < -0.3 is 33.8 Å². The van der Waals surface area contributed by atoms with E-state index in [1.807, 2.05) is 48.5 Å². The molecule has 1 unspecified atom stereocenters. The lowest BCUT2D eigenvalue weighted by Crippen LogP contribution is -2.38. The van der Waals surface area contributed by atoms with Crippen LogP contribution in [0.3, 0.4) is 0 Å². The molecular formula is C28H25FN2O6. The number of nitrogens with one attached hydrogen (secondary N) is 1. The molecule has 190 valence electrons. The number of rotatable bonds is 6. The van der Waals surface area contributed by atoms with E-state index in [1.165, 1.54) is 6.07 Å². The lowest BCUT2D eigenvalue weighted by atomic mass is 10.0. The van der Waals surface area contributed by atoms with Gasteiger partial charge in [-0.1, -0.05) is 36.4 Å². The van der Waals surface area contributed by atoms with Crippen molar-refractivity contribution in [2.45, 2.75) is 30.5 Å². The standard InChI is InChI=1S/C28H25FN2O6/c29-20-9-21-22(10-25(30-21)37-24-14-35-27-23(32)13-34-28(24)27)31-26(20)17-3-1-15(2-4-17)16-5-7-18(8-6-16)36-19-11-33-12-19/h1-10,19,23-24,27-28,30,32H,11-14H2/t23-,24-,27?,28-/m1/s1. The minimum atomic E-state index is -0.646. The Hall–Kier alpha value is -3.50. The molecule has 0 aliphatic carbocycles. The highest BCUT2D eigenvalue weighted by molar-refractivity contribution is 5.81. The van der Waals surface area contributed by atoms with Gasteiger partial charge in [0.2, 0.25) is 0 Å². The van der Waals surface area contributed by atoms with E-state index in [-0.39, 0.29) is 36.7 Å². The molecule has 0 amide bonds. The third-order valence-electron chi connectivity index (χ3n) is 7.05. The second-order valence-corrected chi connectivity index (χ2v) is 9.58. The van der Waals surface area contributed by atoms with Crippen LogP contribution in [0, 0.1) is 5.82 Å². The molecule has 8 nitrogen and oxygen atoms in total. The Morgan fingerprint density at radius 2 is 1.54 bits per heavy atom. The quantitative estimate of drug-likeness (QED) is 0.413. The Bertz CT molecular complexity index is 1420. The lowest BCUT2D eigenvalue weighted by Gasteiger charge is -2.26. The zero-order valence-electron chi connectivity index (χ0n) is 19.8. The van der Waals surface area contributed by atoms with Crippen molar-refractivity contribution in [2.75, 3.05) is 26.4 Å². The van der Waals surface area contributed by atoms with Crippen molar-refractivity contribution in [1.82, 2.24) is 9.97 Å². The summed E-state index contributed by atoms with van der Waals surface area (Å²) in [6.07, 6.45) is -1.59. The fraction of sp³-hybridized carbons (Fsp3) is 0.321. The van der Waals surface area contributed by atoms with Gasteiger partial charge in [-0.25, -0.2) is 9.37 Å². The first-order chi connectivity index (χ1) is 18.1. The van der Waals surface area contributed by atoms with Gasteiger partial charge in [0.25, 0.3) is 0 Å². The molecule has 0 bridgehead atoms. The number of aromatic amines is 1. The third kappa shape index (κ3) is 4.23. The van der Waals surface area contributed by atoms with E-state index < -0.39 is 11.9 Å². The molecule has 3 saturated heterocycles. The van der Waals surface area contributed by atoms with Crippen LogP contribution in [0.15, 0.2) is 60.7 Å². The summed E-state index contributed by atoms with van der Waals surface area (Å²) < 4.78 is 43.2. The van der Waals surface area contributed by atoms with Crippen LogP contribution in [-0.2, 0) is 14.2 Å². The van der Waals surface area contributed by atoms with Gasteiger partial charge >= 0.3 is 0 Å². The third-order valence-corrected chi connectivity index (χ3v) is 7.05. The number of ether oxygens (including phenoxy) is 5. The monoisotopic (exact) mass is 504 g/mol. The Morgan fingerprint density at radius 3 is 2.27 bits per heavy atom. The van der Waals surface area contributed by atoms with Gasteiger partial charge in [0.1, 0.15) is 35.9 Å². The average Bonchev–Trinajstić information content (AvgIpc) is 3.58. The second kappa shape index (κ2) is 9.11. The highest BCUT2D eigenvalue weighted by Crippen LogP contribution is 2.32. The van der Waals surface area contributed by atoms with Crippen molar-refractivity contribution in [2.24, 2.45) is 0 Å². The number of hydrogen-bond donors (Lipinski definition) is 2. The number of fused-ring (bicyclic) bond motifs is 2. The van der Waals surface area contributed by atoms with Crippen molar-refractivity contribution in [3.05, 3.63) is 66.5 Å². The highest BCUT2D eigenvalue weighted by Gasteiger charge is 2.48. The number of pyridine rings is 1. The maximum Gasteiger partial charge on any atom is 0.193 e. The molecule has 0 radical (unpaired) electrons. The van der Waals surface area contributed by atoms with Crippen LogP contribution < -0.4 is 9.47 Å². The van der Waals surface area contributed by atoms with Crippen molar-refractivity contribution in [3.8, 4) is 34.0 Å². The van der Waals surface area contributed by atoms with Gasteiger partial charge in [0, 0.05) is 17.7 Å². The zero-order valence-corrected chi connectivity index (χ0v) is 19.8. The molecule has 0 spiro atoms. The number of aliphatic hydroxyl groups is 1. The number of benzene rings is 2. The number of nitrogens with zero attached hydrogens (tertiary/aromatic N) is 1. The van der Waals surface area contributed by atoms with Crippen LogP contribution in [0.4, 0.5) is 4.39 Å². The molecule has 0 saturated carbocycles. The summed E-state index contributed by atoms with van der Waals surface area (Å²) in [6, 6.07) is 18.7. The molecule has 5 heterocycles. The van der Waals surface area contributed by atoms with E-state index in [4.69, 9.17) is 23.7 Å². The van der Waals surface area contributed by atoms with Crippen LogP contribution in [0.5, 0.6) is 11.6 Å². The Morgan fingerprint density at radius 1 is 0.838 bits per heavy atom. The molecule has 4 aromatic rings. The van der Waals surface area contributed by atoms with Crippen LogP contribution in [0.25, 0.3) is 33.4 Å². The van der Waals surface area contributed by atoms with Gasteiger partial charge in [0.05, 0.1) is 37.5 Å². The summed E-state index contributed by atoms with van der Waals surface area (Å²) in [5.41, 5.74) is 4.12. The molecule has 2 aromatic carbocycles. The summed E-state index contributed by atoms with van der Waals surface area (Å²) in [4.78, 5) is 7.63. The normalized spacial score (nSPS) is 25.2. The average molecular weight is 505 g/mol. The molecule has 9 heteroatoms. The summed E-state index contributed by atoms with van der Waals surface area (Å²) in [5, 5.41) is 9.92. The van der Waals surface area contributed by atoms with Crippen LogP contribution in [-0.4, -0.2) is 72.0 Å². The maximum absolute atomic E-state index is 15.0. The first-order valence-electron chi connectivity index (χ1n) is 12.3. The smallest absolute Gasteiger partial charge is 0.193 e. The van der Waals surface area contributed by atoms with Crippen molar-refractivity contribution < 1.29 is 33.2 Å². The molecule has 4 atom stereocenters. The van der Waals surface area contributed by atoms with Gasteiger partial charge in [-0.15, -0.1) is 0 Å². The number of aliphatic hydroxyl groups excluding tert-OH is 1. The van der Waals surface area contributed by atoms with E-state index in [0.29, 0.717) is 42.3 Å². The predicted octanol–water partition coefficient (Wildman–Crippen LogP) is 3.72. The van der Waals surface area contributed by atoms with Crippen LogP contribution >= 0.6 is 0 Å². The summed E-state index contributed by atoms with van der Waals surface area (Å²) in [5.74, 6) is 0.837. The van der Waals surface area contributed by atoms with Crippen molar-refractivity contribution in [1.29, 1.82) is 0 Å². The van der Waals surface area contributed by atoms with Crippen molar-refractivity contribution in [3.63, 3.8) is 0 Å². The minimum Gasteiger partial charge on any atom is -0.486 e. The van der Waals surface area contributed by atoms with Gasteiger partial charge in [-0.2, -0.15) is 0 Å². The summed E-state index contributed by atoms with van der Waals surface area (Å²) >= 11 is 0. The molecule has 3 aliphatic heterocycles.